The quantitative estimate of drug-likeness (QED) is 0.325. The summed E-state index contributed by atoms with van der Waals surface area (Å²) >= 11 is 0. The molecule has 2 N–H and O–H groups in total. The van der Waals surface area contributed by atoms with E-state index in [1.54, 1.807) is 7.05 Å². The molecule has 9 heteroatoms. The van der Waals surface area contributed by atoms with Crippen molar-refractivity contribution in [2.45, 2.75) is 20.4 Å². The number of benzene rings is 1. The van der Waals surface area contributed by atoms with Crippen LogP contribution in [0.5, 0.6) is 5.75 Å². The van der Waals surface area contributed by atoms with Gasteiger partial charge >= 0.3 is 0 Å². The van der Waals surface area contributed by atoms with Gasteiger partial charge in [0.1, 0.15) is 12.4 Å². The summed E-state index contributed by atoms with van der Waals surface area (Å²) in [6.45, 7) is 9.04. The number of aliphatic imine (C=N–C) groups is 1. The molecule has 164 valence electrons. The van der Waals surface area contributed by atoms with Crippen LogP contribution in [0.25, 0.3) is 0 Å². The summed E-state index contributed by atoms with van der Waals surface area (Å²) < 4.78 is 34.2. The number of nitrogens with one attached hydrogen (secondary N) is 2. The standard InChI is InChI=1S/C20H34N4O4S/c1-4-27-11-12-28-19-15-17(2)5-6-18(19)16-23-20(21-3)22-7-8-24-9-13-29(25,26)14-10-24/h5-6,15H,4,7-14,16H2,1-3H3,(H2,21,22,23). The molecule has 1 fully saturated rings. The third kappa shape index (κ3) is 8.59. The van der Waals surface area contributed by atoms with Gasteiger partial charge in [-0.2, -0.15) is 0 Å². The molecule has 0 bridgehead atoms. The van der Waals surface area contributed by atoms with Crippen molar-refractivity contribution in [3.8, 4) is 5.75 Å². The summed E-state index contributed by atoms with van der Waals surface area (Å²) in [5, 5.41) is 6.60. The van der Waals surface area contributed by atoms with Crippen LogP contribution < -0.4 is 15.4 Å². The Kier molecular flexibility index (Phi) is 9.69. The molecular weight excluding hydrogens is 392 g/mol. The lowest BCUT2D eigenvalue weighted by Gasteiger charge is -2.26. The molecule has 0 amide bonds. The van der Waals surface area contributed by atoms with Crippen molar-refractivity contribution < 1.29 is 17.9 Å². The first kappa shape index (κ1) is 23.4. The zero-order valence-corrected chi connectivity index (χ0v) is 18.6. The van der Waals surface area contributed by atoms with E-state index in [2.05, 4.69) is 32.7 Å². The topological polar surface area (TPSA) is 92.3 Å². The highest BCUT2D eigenvalue weighted by Gasteiger charge is 2.20. The van der Waals surface area contributed by atoms with E-state index in [1.165, 1.54) is 0 Å². The van der Waals surface area contributed by atoms with E-state index in [0.717, 1.165) is 23.4 Å². The SMILES string of the molecule is CCOCCOc1cc(C)ccc1CNC(=NC)NCCN1CCS(=O)(=O)CC1. The fourth-order valence-corrected chi connectivity index (χ4v) is 4.28. The molecule has 1 heterocycles. The van der Waals surface area contributed by atoms with Crippen molar-refractivity contribution in [3.63, 3.8) is 0 Å². The van der Waals surface area contributed by atoms with E-state index in [1.807, 2.05) is 19.9 Å². The minimum atomic E-state index is -2.84. The van der Waals surface area contributed by atoms with Crippen LogP contribution in [-0.2, 0) is 21.1 Å². The van der Waals surface area contributed by atoms with Crippen LogP contribution in [-0.4, -0.2) is 83.8 Å². The summed E-state index contributed by atoms with van der Waals surface area (Å²) in [5.74, 6) is 2.05. The summed E-state index contributed by atoms with van der Waals surface area (Å²) in [7, 11) is -1.10. The zero-order valence-electron chi connectivity index (χ0n) is 17.7. The summed E-state index contributed by atoms with van der Waals surface area (Å²) in [6, 6.07) is 6.15. The number of guanidine groups is 1. The molecule has 1 aromatic carbocycles. The average Bonchev–Trinajstić information content (AvgIpc) is 2.70. The average molecular weight is 427 g/mol. The molecule has 8 nitrogen and oxygen atoms in total. The molecular formula is C20H34N4O4S. The molecule has 29 heavy (non-hydrogen) atoms. The van der Waals surface area contributed by atoms with Crippen LogP contribution in [0.15, 0.2) is 23.2 Å². The van der Waals surface area contributed by atoms with Gasteiger partial charge in [0.25, 0.3) is 0 Å². The maximum atomic E-state index is 11.5. The lowest BCUT2D eigenvalue weighted by atomic mass is 10.1. The molecule has 0 aromatic heterocycles. The van der Waals surface area contributed by atoms with Crippen molar-refractivity contribution in [2.24, 2.45) is 4.99 Å². The number of sulfone groups is 1. The zero-order chi connectivity index (χ0) is 21.1. The Morgan fingerprint density at radius 3 is 2.66 bits per heavy atom. The predicted octanol–water partition coefficient (Wildman–Crippen LogP) is 0.806. The van der Waals surface area contributed by atoms with Gasteiger partial charge in [0, 0.05) is 51.9 Å². The Labute approximate surface area is 174 Å². The molecule has 0 aliphatic carbocycles. The number of nitrogens with zero attached hydrogens (tertiary/aromatic N) is 2. The lowest BCUT2D eigenvalue weighted by Crippen LogP contribution is -2.45. The Hall–Kier alpha value is -1.84. The molecule has 1 aliphatic rings. The minimum Gasteiger partial charge on any atom is -0.491 e. The van der Waals surface area contributed by atoms with Crippen LogP contribution in [0.2, 0.25) is 0 Å². The summed E-state index contributed by atoms with van der Waals surface area (Å²) in [4.78, 5) is 6.42. The van der Waals surface area contributed by atoms with Crippen LogP contribution in [0, 0.1) is 6.92 Å². The molecule has 2 rings (SSSR count). The molecule has 1 saturated heterocycles. The molecule has 0 radical (unpaired) electrons. The molecule has 1 aromatic rings. The van der Waals surface area contributed by atoms with Crippen LogP contribution in [0.4, 0.5) is 0 Å². The minimum absolute atomic E-state index is 0.249. The normalized spacial score (nSPS) is 17.1. The second kappa shape index (κ2) is 12.0. The van der Waals surface area contributed by atoms with E-state index in [-0.39, 0.29) is 11.5 Å². The van der Waals surface area contributed by atoms with Gasteiger partial charge in [-0.3, -0.25) is 9.89 Å². The number of hydrogen-bond acceptors (Lipinski definition) is 6. The van der Waals surface area contributed by atoms with Gasteiger partial charge in [0.2, 0.25) is 0 Å². The third-order valence-corrected chi connectivity index (χ3v) is 6.35. The third-order valence-electron chi connectivity index (χ3n) is 4.74. The number of aryl methyl sites for hydroxylation is 1. The van der Waals surface area contributed by atoms with Crippen molar-refractivity contribution in [2.75, 3.05) is 64.6 Å². The van der Waals surface area contributed by atoms with E-state index in [9.17, 15) is 8.42 Å². The predicted molar refractivity (Wildman–Crippen MR) is 116 cm³/mol. The Balaban J connectivity index is 1.78. The van der Waals surface area contributed by atoms with E-state index >= 15 is 0 Å². The highest BCUT2D eigenvalue weighted by molar-refractivity contribution is 7.91. The Morgan fingerprint density at radius 1 is 1.21 bits per heavy atom. The van der Waals surface area contributed by atoms with Gasteiger partial charge in [-0.15, -0.1) is 0 Å². The lowest BCUT2D eigenvalue weighted by molar-refractivity contribution is 0.110. The summed E-state index contributed by atoms with van der Waals surface area (Å²) in [5.41, 5.74) is 2.20. The first-order valence-corrected chi connectivity index (χ1v) is 11.9. The van der Waals surface area contributed by atoms with E-state index in [4.69, 9.17) is 9.47 Å². The van der Waals surface area contributed by atoms with Crippen LogP contribution >= 0.6 is 0 Å². The van der Waals surface area contributed by atoms with Gasteiger partial charge in [-0.1, -0.05) is 12.1 Å². The van der Waals surface area contributed by atoms with E-state index in [0.29, 0.717) is 52.0 Å². The van der Waals surface area contributed by atoms with Gasteiger partial charge in [0.05, 0.1) is 18.1 Å². The molecule has 1 aliphatic heterocycles. The smallest absolute Gasteiger partial charge is 0.191 e. The van der Waals surface area contributed by atoms with Crippen molar-refractivity contribution >= 4 is 15.8 Å². The molecule has 0 saturated carbocycles. The molecule has 0 spiro atoms. The highest BCUT2D eigenvalue weighted by Crippen LogP contribution is 2.20. The van der Waals surface area contributed by atoms with Gasteiger partial charge < -0.3 is 20.1 Å². The highest BCUT2D eigenvalue weighted by atomic mass is 32.2. The number of rotatable bonds is 10. The Morgan fingerprint density at radius 2 is 1.97 bits per heavy atom. The Bertz CT molecular complexity index is 754. The monoisotopic (exact) mass is 426 g/mol. The fraction of sp³-hybridized carbons (Fsp3) is 0.650. The van der Waals surface area contributed by atoms with Crippen molar-refractivity contribution in [1.82, 2.24) is 15.5 Å². The van der Waals surface area contributed by atoms with Gasteiger partial charge in [-0.05, 0) is 25.5 Å². The first-order chi connectivity index (χ1) is 13.9. The maximum absolute atomic E-state index is 11.5. The first-order valence-electron chi connectivity index (χ1n) is 10.1. The maximum Gasteiger partial charge on any atom is 0.191 e. The van der Waals surface area contributed by atoms with Crippen LogP contribution in [0.1, 0.15) is 18.1 Å². The van der Waals surface area contributed by atoms with Gasteiger partial charge in [0.15, 0.2) is 15.8 Å². The van der Waals surface area contributed by atoms with Gasteiger partial charge in [-0.25, -0.2) is 8.42 Å². The largest absolute Gasteiger partial charge is 0.491 e. The van der Waals surface area contributed by atoms with Crippen molar-refractivity contribution in [3.05, 3.63) is 29.3 Å². The second-order valence-electron chi connectivity index (χ2n) is 7.00. The van der Waals surface area contributed by atoms with E-state index < -0.39 is 9.84 Å². The second-order valence-corrected chi connectivity index (χ2v) is 9.31. The van der Waals surface area contributed by atoms with Crippen molar-refractivity contribution in [1.29, 1.82) is 0 Å². The molecule has 0 unspecified atom stereocenters. The van der Waals surface area contributed by atoms with Crippen LogP contribution in [0.3, 0.4) is 0 Å². The number of ether oxygens (including phenoxy) is 2. The fourth-order valence-electron chi connectivity index (χ4n) is 3.00. The molecule has 0 atom stereocenters. The number of hydrogen-bond donors (Lipinski definition) is 2. The summed E-state index contributed by atoms with van der Waals surface area (Å²) in [6.07, 6.45) is 0.